The van der Waals surface area contributed by atoms with Crippen molar-refractivity contribution in [3.05, 3.63) is 81.7 Å². The Balaban J connectivity index is 1.78. The first kappa shape index (κ1) is 23.9. The molecule has 0 aliphatic rings. The number of nitro groups is 1. The highest BCUT2D eigenvalue weighted by Crippen LogP contribution is 2.24. The number of benzene rings is 2. The number of aryl methyl sites for hydroxylation is 2. The summed E-state index contributed by atoms with van der Waals surface area (Å²) < 4.78 is 29.4. The molecule has 0 radical (unpaired) electrons. The van der Waals surface area contributed by atoms with Crippen molar-refractivity contribution >= 4 is 27.3 Å². The quantitative estimate of drug-likeness (QED) is 0.396. The number of sulfonamides is 1. The van der Waals surface area contributed by atoms with Crippen LogP contribution in [0, 0.1) is 17.0 Å². The fourth-order valence-corrected chi connectivity index (χ4v) is 4.33. The molecule has 3 rings (SSSR count). The zero-order valence-electron chi connectivity index (χ0n) is 18.7. The molecule has 0 saturated heterocycles. The first-order valence-electron chi connectivity index (χ1n) is 10.1. The van der Waals surface area contributed by atoms with Crippen molar-refractivity contribution < 1.29 is 18.1 Å². The van der Waals surface area contributed by atoms with Crippen molar-refractivity contribution in [2.24, 2.45) is 7.05 Å². The number of carbonyl (C=O) groups is 1. The molecule has 2 aromatic carbocycles. The van der Waals surface area contributed by atoms with E-state index in [1.807, 2.05) is 20.0 Å². The van der Waals surface area contributed by atoms with Crippen molar-refractivity contribution in [1.82, 2.24) is 14.7 Å². The highest BCUT2D eigenvalue weighted by atomic mass is 32.2. The van der Waals surface area contributed by atoms with Crippen LogP contribution in [0.4, 0.5) is 11.4 Å². The molecule has 0 fully saturated rings. The molecular formula is C22H25N5O5S. The van der Waals surface area contributed by atoms with E-state index in [-0.39, 0.29) is 28.2 Å². The number of rotatable bonds is 8. The minimum Gasteiger partial charge on any atom is -0.332 e. The van der Waals surface area contributed by atoms with Gasteiger partial charge in [-0.2, -0.15) is 5.10 Å². The molecule has 0 bridgehead atoms. The first-order chi connectivity index (χ1) is 15.5. The summed E-state index contributed by atoms with van der Waals surface area (Å²) in [5.74, 6) is -0.197. The molecule has 33 heavy (non-hydrogen) atoms. The van der Waals surface area contributed by atoms with Crippen molar-refractivity contribution in [1.29, 1.82) is 0 Å². The van der Waals surface area contributed by atoms with E-state index in [0.29, 0.717) is 17.7 Å². The summed E-state index contributed by atoms with van der Waals surface area (Å²) in [6, 6.07) is 9.69. The second-order valence-corrected chi connectivity index (χ2v) is 9.62. The largest absolute Gasteiger partial charge is 0.332 e. The fraction of sp³-hybridized carbons (Fsp3) is 0.273. The van der Waals surface area contributed by atoms with E-state index in [1.165, 1.54) is 43.3 Å². The van der Waals surface area contributed by atoms with E-state index < -0.39 is 14.9 Å². The van der Waals surface area contributed by atoms with Crippen LogP contribution in [0.5, 0.6) is 0 Å². The summed E-state index contributed by atoms with van der Waals surface area (Å²) >= 11 is 0. The Morgan fingerprint density at radius 3 is 2.42 bits per heavy atom. The molecule has 1 aromatic heterocycles. The lowest BCUT2D eigenvalue weighted by atomic mass is 10.1. The van der Waals surface area contributed by atoms with Crippen molar-refractivity contribution in [2.45, 2.75) is 38.3 Å². The van der Waals surface area contributed by atoms with E-state index in [9.17, 15) is 23.3 Å². The highest BCUT2D eigenvalue weighted by molar-refractivity contribution is 7.92. The average Bonchev–Trinajstić information content (AvgIpc) is 3.16. The predicted octanol–water partition coefficient (Wildman–Crippen LogP) is 3.49. The van der Waals surface area contributed by atoms with Crippen LogP contribution >= 0.6 is 0 Å². The van der Waals surface area contributed by atoms with E-state index in [4.69, 9.17) is 0 Å². The maximum atomic E-state index is 13.0. The summed E-state index contributed by atoms with van der Waals surface area (Å²) in [5, 5.41) is 15.3. The molecule has 0 atom stereocenters. The molecule has 0 saturated carbocycles. The number of amides is 1. The molecule has 1 heterocycles. The molecule has 1 amide bonds. The Morgan fingerprint density at radius 2 is 1.88 bits per heavy atom. The summed E-state index contributed by atoms with van der Waals surface area (Å²) in [5.41, 5.74) is 1.62. The number of nitrogens with one attached hydrogen (secondary N) is 1. The van der Waals surface area contributed by atoms with Crippen LogP contribution in [0.1, 0.15) is 35.3 Å². The van der Waals surface area contributed by atoms with Gasteiger partial charge in [-0.25, -0.2) is 8.42 Å². The average molecular weight is 472 g/mol. The summed E-state index contributed by atoms with van der Waals surface area (Å²) in [6.07, 6.45) is 3.55. The molecule has 0 aliphatic heterocycles. The van der Waals surface area contributed by atoms with E-state index in [0.717, 1.165) is 11.6 Å². The Bertz CT molecular complexity index is 1280. The standard InChI is InChI=1S/C22H25N5O5S/c1-15(2)26(14-17-12-23-25(4)13-17)22(28)18-6-8-19(9-7-18)24-33(31,32)20-10-5-16(3)21(11-20)27(29)30/h5-13,15,24H,14H2,1-4H3. The number of nitro benzene ring substituents is 1. The van der Waals surface area contributed by atoms with Gasteiger partial charge >= 0.3 is 0 Å². The zero-order chi connectivity index (χ0) is 24.3. The van der Waals surface area contributed by atoms with Crippen molar-refractivity contribution in [3.63, 3.8) is 0 Å². The maximum Gasteiger partial charge on any atom is 0.273 e. The van der Waals surface area contributed by atoms with Crippen LogP contribution in [0.2, 0.25) is 0 Å². The molecule has 10 nitrogen and oxygen atoms in total. The second kappa shape index (κ2) is 9.41. The fourth-order valence-electron chi connectivity index (χ4n) is 3.25. The predicted molar refractivity (Wildman–Crippen MR) is 123 cm³/mol. The van der Waals surface area contributed by atoms with E-state index in [1.54, 1.807) is 22.8 Å². The minimum absolute atomic E-state index is 0.0618. The van der Waals surface area contributed by atoms with Gasteiger partial charge < -0.3 is 4.90 Å². The minimum atomic E-state index is -4.05. The highest BCUT2D eigenvalue weighted by Gasteiger charge is 2.22. The lowest BCUT2D eigenvalue weighted by molar-refractivity contribution is -0.385. The number of hydrogen-bond donors (Lipinski definition) is 1. The van der Waals surface area contributed by atoms with Crippen LogP contribution < -0.4 is 4.72 Å². The molecule has 174 valence electrons. The Morgan fingerprint density at radius 1 is 1.21 bits per heavy atom. The normalized spacial score (nSPS) is 11.4. The molecule has 0 aliphatic carbocycles. The number of hydrogen-bond acceptors (Lipinski definition) is 6. The number of aromatic nitrogens is 2. The van der Waals surface area contributed by atoms with Crippen LogP contribution in [0.3, 0.4) is 0 Å². The van der Waals surface area contributed by atoms with Gasteiger partial charge in [0.2, 0.25) is 0 Å². The van der Waals surface area contributed by atoms with E-state index in [2.05, 4.69) is 9.82 Å². The summed E-state index contributed by atoms with van der Waals surface area (Å²) in [4.78, 5) is 25.0. The smallest absolute Gasteiger partial charge is 0.273 e. The van der Waals surface area contributed by atoms with Crippen LogP contribution in [0.25, 0.3) is 0 Å². The zero-order valence-corrected chi connectivity index (χ0v) is 19.5. The SMILES string of the molecule is Cc1ccc(S(=O)(=O)Nc2ccc(C(=O)N(Cc3cnn(C)c3)C(C)C)cc2)cc1[N+](=O)[O-]. The topological polar surface area (TPSA) is 127 Å². The maximum absolute atomic E-state index is 13.0. The number of anilines is 1. The summed E-state index contributed by atoms with van der Waals surface area (Å²) in [7, 11) is -2.24. The van der Waals surface area contributed by atoms with Gasteiger partial charge in [-0.3, -0.25) is 24.3 Å². The van der Waals surface area contributed by atoms with Gasteiger partial charge in [0.05, 0.1) is 16.0 Å². The lowest BCUT2D eigenvalue weighted by Gasteiger charge is -2.26. The van der Waals surface area contributed by atoms with Gasteiger partial charge in [-0.05, 0) is 51.1 Å². The monoisotopic (exact) mass is 471 g/mol. The van der Waals surface area contributed by atoms with Crippen molar-refractivity contribution in [2.75, 3.05) is 4.72 Å². The van der Waals surface area contributed by atoms with Gasteiger partial charge in [-0.15, -0.1) is 0 Å². The second-order valence-electron chi connectivity index (χ2n) is 7.94. The third-order valence-electron chi connectivity index (χ3n) is 5.07. The number of nitrogens with zero attached hydrogens (tertiary/aromatic N) is 4. The molecule has 0 unspecified atom stereocenters. The van der Waals surface area contributed by atoms with Gasteiger partial charge in [-0.1, -0.05) is 6.07 Å². The molecular weight excluding hydrogens is 446 g/mol. The first-order valence-corrected chi connectivity index (χ1v) is 11.6. The Kier molecular flexibility index (Phi) is 6.82. The van der Waals surface area contributed by atoms with Crippen LogP contribution in [-0.2, 0) is 23.6 Å². The molecule has 0 spiro atoms. The van der Waals surface area contributed by atoms with Gasteiger partial charge in [0.15, 0.2) is 0 Å². The Hall–Kier alpha value is -3.73. The van der Waals surface area contributed by atoms with Crippen molar-refractivity contribution in [3.8, 4) is 0 Å². The lowest BCUT2D eigenvalue weighted by Crippen LogP contribution is -2.36. The van der Waals surface area contributed by atoms with Crippen LogP contribution in [0.15, 0.2) is 59.8 Å². The summed E-state index contributed by atoms with van der Waals surface area (Å²) in [6.45, 7) is 5.76. The third-order valence-corrected chi connectivity index (χ3v) is 6.45. The van der Waals surface area contributed by atoms with Gasteiger partial charge in [0.25, 0.3) is 21.6 Å². The molecule has 3 aromatic rings. The number of carbonyl (C=O) groups excluding carboxylic acids is 1. The van der Waals surface area contributed by atoms with E-state index >= 15 is 0 Å². The Labute approximate surface area is 192 Å². The van der Waals surface area contributed by atoms with Crippen LogP contribution in [-0.4, -0.2) is 40.0 Å². The third kappa shape index (κ3) is 5.55. The van der Waals surface area contributed by atoms with Gasteiger partial charge in [0, 0.05) is 54.3 Å². The van der Waals surface area contributed by atoms with Gasteiger partial charge in [0.1, 0.15) is 0 Å². The molecule has 11 heteroatoms. The molecule has 1 N–H and O–H groups in total.